The van der Waals surface area contributed by atoms with Crippen LogP contribution in [0, 0.1) is 11.6 Å². The molecule has 0 bridgehead atoms. The van der Waals surface area contributed by atoms with Crippen LogP contribution in [-0.4, -0.2) is 49.8 Å². The first-order valence-electron chi connectivity index (χ1n) is 6.81. The summed E-state index contributed by atoms with van der Waals surface area (Å²) in [5, 5.41) is 1.65. The molecule has 1 heterocycles. The van der Waals surface area contributed by atoms with E-state index in [9.17, 15) is 26.7 Å². The van der Waals surface area contributed by atoms with Crippen LogP contribution in [0.4, 0.5) is 22.0 Å². The number of morpholine rings is 1. The van der Waals surface area contributed by atoms with E-state index in [-0.39, 0.29) is 13.2 Å². The van der Waals surface area contributed by atoms with Crippen LogP contribution >= 0.6 is 0 Å². The minimum atomic E-state index is -5.06. The van der Waals surface area contributed by atoms with E-state index in [1.54, 1.807) is 17.3 Å². The molecule has 0 saturated carbocycles. The molecule has 23 heavy (non-hydrogen) atoms. The van der Waals surface area contributed by atoms with Crippen molar-refractivity contribution in [3.05, 3.63) is 35.4 Å². The molecule has 2 rings (SSSR count). The quantitative estimate of drug-likeness (QED) is 0.858. The molecule has 0 radical (unpaired) electrons. The van der Waals surface area contributed by atoms with Crippen LogP contribution in [0.3, 0.4) is 0 Å². The molecule has 1 aromatic rings. The van der Waals surface area contributed by atoms with E-state index in [2.05, 4.69) is 0 Å². The van der Waals surface area contributed by atoms with Gasteiger partial charge in [0, 0.05) is 13.1 Å². The Balaban J connectivity index is 2.25. The molecule has 2 unspecified atom stereocenters. The number of alkyl halides is 3. The van der Waals surface area contributed by atoms with Crippen molar-refractivity contribution >= 4 is 5.91 Å². The summed E-state index contributed by atoms with van der Waals surface area (Å²) in [5.41, 5.74) is -1.24. The molecule has 1 amide bonds. The molecule has 2 atom stereocenters. The molecule has 1 aliphatic rings. The van der Waals surface area contributed by atoms with Crippen LogP contribution in [0.25, 0.3) is 0 Å². The zero-order chi connectivity index (χ0) is 17.2. The van der Waals surface area contributed by atoms with Crippen molar-refractivity contribution in [2.75, 3.05) is 26.7 Å². The third kappa shape index (κ3) is 4.17. The van der Waals surface area contributed by atoms with Crippen molar-refractivity contribution in [1.29, 1.82) is 0 Å². The molecule has 1 aromatic carbocycles. The van der Waals surface area contributed by atoms with E-state index in [4.69, 9.17) is 4.74 Å². The van der Waals surface area contributed by atoms with Crippen LogP contribution in [-0.2, 0) is 9.53 Å². The number of rotatable bonds is 3. The predicted molar refractivity (Wildman–Crippen MR) is 70.5 cm³/mol. The van der Waals surface area contributed by atoms with E-state index in [1.165, 1.54) is 0 Å². The summed E-state index contributed by atoms with van der Waals surface area (Å²) in [6, 6.07) is -0.433. The van der Waals surface area contributed by atoms with Crippen molar-refractivity contribution in [2.24, 2.45) is 0 Å². The lowest BCUT2D eigenvalue weighted by Gasteiger charge is -2.31. The standard InChI is InChI=1S/C14H15F5N2O2/c1-21-5-6-23-10(7-21)13(22)20-12(14(17,18)19)11-8(15)3-2-4-9(11)16/h2-4,10,12H,5-7H2,1H3,(H,20,22). The lowest BCUT2D eigenvalue weighted by molar-refractivity contribution is -0.169. The Bertz CT molecular complexity index is 559. The normalized spacial score (nSPS) is 21.0. The van der Waals surface area contributed by atoms with Gasteiger partial charge in [0.2, 0.25) is 0 Å². The topological polar surface area (TPSA) is 41.6 Å². The maximum absolute atomic E-state index is 13.7. The van der Waals surface area contributed by atoms with Gasteiger partial charge < -0.3 is 15.0 Å². The van der Waals surface area contributed by atoms with Crippen LogP contribution in [0.2, 0.25) is 0 Å². The van der Waals surface area contributed by atoms with Gasteiger partial charge in [-0.15, -0.1) is 0 Å². The number of hydrogen-bond donors (Lipinski definition) is 1. The number of likely N-dealkylation sites (N-methyl/N-ethyl adjacent to an activating group) is 1. The zero-order valence-electron chi connectivity index (χ0n) is 12.2. The summed E-state index contributed by atoms with van der Waals surface area (Å²) in [5.74, 6) is -3.83. The predicted octanol–water partition coefficient (Wildman–Crippen LogP) is 2.01. The summed E-state index contributed by atoms with van der Waals surface area (Å²) in [6.45, 7) is 0.809. The van der Waals surface area contributed by atoms with Crippen molar-refractivity contribution in [3.63, 3.8) is 0 Å². The van der Waals surface area contributed by atoms with Gasteiger partial charge in [0.1, 0.15) is 17.7 Å². The van der Waals surface area contributed by atoms with E-state index < -0.39 is 41.4 Å². The minimum Gasteiger partial charge on any atom is -0.366 e. The Labute approximate surface area is 129 Å². The number of amides is 1. The molecule has 0 spiro atoms. The molecule has 0 aliphatic carbocycles. The smallest absolute Gasteiger partial charge is 0.366 e. The van der Waals surface area contributed by atoms with Gasteiger partial charge in [-0.3, -0.25) is 4.79 Å². The molecule has 9 heteroatoms. The number of carbonyl (C=O) groups is 1. The van der Waals surface area contributed by atoms with Crippen LogP contribution < -0.4 is 5.32 Å². The SMILES string of the molecule is CN1CCOC(C(=O)NC(c2c(F)cccc2F)C(F)(F)F)C1. The van der Waals surface area contributed by atoms with Gasteiger partial charge in [0.25, 0.3) is 5.91 Å². The summed E-state index contributed by atoms with van der Waals surface area (Å²) in [4.78, 5) is 13.7. The first kappa shape index (κ1) is 17.6. The van der Waals surface area contributed by atoms with Crippen molar-refractivity contribution in [3.8, 4) is 0 Å². The molecule has 1 N–H and O–H groups in total. The van der Waals surface area contributed by atoms with Gasteiger partial charge in [-0.2, -0.15) is 13.2 Å². The molecule has 0 aromatic heterocycles. The first-order valence-corrected chi connectivity index (χ1v) is 6.81. The Morgan fingerprint density at radius 3 is 2.48 bits per heavy atom. The number of carbonyl (C=O) groups excluding carboxylic acids is 1. The highest BCUT2D eigenvalue weighted by atomic mass is 19.4. The number of ether oxygens (including phenoxy) is 1. The zero-order valence-corrected chi connectivity index (χ0v) is 12.2. The van der Waals surface area contributed by atoms with Gasteiger partial charge in [0.05, 0.1) is 12.2 Å². The second kappa shape index (κ2) is 6.79. The average Bonchev–Trinajstić information content (AvgIpc) is 2.44. The Morgan fingerprint density at radius 1 is 1.35 bits per heavy atom. The average molecular weight is 338 g/mol. The number of hydrogen-bond acceptors (Lipinski definition) is 3. The van der Waals surface area contributed by atoms with Crippen LogP contribution in [0.5, 0.6) is 0 Å². The molecule has 1 fully saturated rings. The fraction of sp³-hybridized carbons (Fsp3) is 0.500. The van der Waals surface area contributed by atoms with Crippen molar-refractivity contribution in [1.82, 2.24) is 10.2 Å². The lowest BCUT2D eigenvalue weighted by atomic mass is 10.0. The first-order chi connectivity index (χ1) is 10.7. The Kier molecular flexibility index (Phi) is 5.20. The highest BCUT2D eigenvalue weighted by Crippen LogP contribution is 2.35. The van der Waals surface area contributed by atoms with Gasteiger partial charge in [0.15, 0.2) is 6.04 Å². The summed E-state index contributed by atoms with van der Waals surface area (Å²) < 4.78 is 71.9. The summed E-state index contributed by atoms with van der Waals surface area (Å²) in [6.07, 6.45) is -6.19. The number of benzene rings is 1. The van der Waals surface area contributed by atoms with Gasteiger partial charge in [-0.25, -0.2) is 8.78 Å². The monoisotopic (exact) mass is 338 g/mol. The number of nitrogens with one attached hydrogen (secondary N) is 1. The summed E-state index contributed by atoms with van der Waals surface area (Å²) >= 11 is 0. The molecule has 1 aliphatic heterocycles. The van der Waals surface area contributed by atoms with Crippen molar-refractivity contribution < 1.29 is 31.5 Å². The van der Waals surface area contributed by atoms with Gasteiger partial charge >= 0.3 is 6.18 Å². The number of nitrogens with zero attached hydrogens (tertiary/aromatic N) is 1. The fourth-order valence-electron chi connectivity index (χ4n) is 2.28. The van der Waals surface area contributed by atoms with Gasteiger partial charge in [-0.05, 0) is 19.2 Å². The Morgan fingerprint density at radius 2 is 1.96 bits per heavy atom. The lowest BCUT2D eigenvalue weighted by Crippen LogP contribution is -2.51. The largest absolute Gasteiger partial charge is 0.413 e. The van der Waals surface area contributed by atoms with E-state index in [0.29, 0.717) is 18.7 Å². The molecule has 4 nitrogen and oxygen atoms in total. The van der Waals surface area contributed by atoms with Crippen LogP contribution in [0.15, 0.2) is 18.2 Å². The molecular formula is C14H15F5N2O2. The van der Waals surface area contributed by atoms with Crippen LogP contribution in [0.1, 0.15) is 11.6 Å². The van der Waals surface area contributed by atoms with E-state index >= 15 is 0 Å². The summed E-state index contributed by atoms with van der Waals surface area (Å²) in [7, 11) is 1.68. The molecule has 1 saturated heterocycles. The minimum absolute atomic E-state index is 0.0934. The highest BCUT2D eigenvalue weighted by molar-refractivity contribution is 5.81. The Hall–Kier alpha value is -1.74. The van der Waals surface area contributed by atoms with Crippen molar-refractivity contribution in [2.45, 2.75) is 18.3 Å². The second-order valence-electron chi connectivity index (χ2n) is 5.24. The maximum Gasteiger partial charge on any atom is 0.413 e. The van der Waals surface area contributed by atoms with Gasteiger partial charge in [-0.1, -0.05) is 6.07 Å². The van der Waals surface area contributed by atoms with E-state index in [1.807, 2.05) is 0 Å². The molecular weight excluding hydrogens is 323 g/mol. The van der Waals surface area contributed by atoms with E-state index in [0.717, 1.165) is 6.07 Å². The third-order valence-corrected chi connectivity index (χ3v) is 3.46. The fourth-order valence-corrected chi connectivity index (χ4v) is 2.28. The third-order valence-electron chi connectivity index (χ3n) is 3.46. The highest BCUT2D eigenvalue weighted by Gasteiger charge is 2.45. The maximum atomic E-state index is 13.7. The second-order valence-corrected chi connectivity index (χ2v) is 5.24. The number of halogens is 5. The molecule has 128 valence electrons.